The Labute approximate surface area is 75.9 Å². The van der Waals surface area contributed by atoms with Crippen molar-refractivity contribution >= 4 is 0 Å². The van der Waals surface area contributed by atoms with E-state index in [0.29, 0.717) is 0 Å². The van der Waals surface area contributed by atoms with Crippen molar-refractivity contribution in [3.63, 3.8) is 0 Å². The lowest BCUT2D eigenvalue weighted by atomic mass is 10.1. The van der Waals surface area contributed by atoms with Crippen LogP contribution in [-0.2, 0) is 4.74 Å². The minimum absolute atomic E-state index is 0.720. The molecule has 0 aromatic carbocycles. The topological polar surface area (TPSA) is 12.5 Å². The van der Waals surface area contributed by atoms with Crippen molar-refractivity contribution in [3.8, 4) is 0 Å². The van der Waals surface area contributed by atoms with Crippen LogP contribution in [0, 0.1) is 5.92 Å². The molecule has 1 fully saturated rings. The first-order chi connectivity index (χ1) is 5.74. The molecule has 1 saturated heterocycles. The number of ether oxygens (including phenoxy) is 1. The predicted octanol–water partition coefficient (Wildman–Crippen LogP) is 1.75. The maximum Gasteiger partial charge on any atom is 0.0465 e. The fourth-order valence-corrected chi connectivity index (χ4v) is 1.85. The summed E-state index contributed by atoms with van der Waals surface area (Å²) in [6.45, 7) is 8.04. The molecule has 12 heavy (non-hydrogen) atoms. The summed E-state index contributed by atoms with van der Waals surface area (Å²) in [6, 6.07) is 0.720. The highest BCUT2D eigenvalue weighted by Gasteiger charge is 2.23. The Balaban J connectivity index is 2.17. The lowest BCUT2D eigenvalue weighted by Crippen LogP contribution is -2.28. The molecule has 1 atom stereocenters. The Hall–Kier alpha value is -0.0800. The second kappa shape index (κ2) is 4.83. The molecule has 2 heteroatoms. The highest BCUT2D eigenvalue weighted by molar-refractivity contribution is 4.77. The fraction of sp³-hybridized carbons (Fsp3) is 1.00. The van der Waals surface area contributed by atoms with Crippen LogP contribution in [0.5, 0.6) is 0 Å². The van der Waals surface area contributed by atoms with Gasteiger partial charge in [0.15, 0.2) is 0 Å². The van der Waals surface area contributed by atoms with Gasteiger partial charge in [-0.05, 0) is 39.2 Å². The van der Waals surface area contributed by atoms with E-state index >= 15 is 0 Å². The van der Waals surface area contributed by atoms with E-state index in [1.165, 1.54) is 25.9 Å². The van der Waals surface area contributed by atoms with Crippen molar-refractivity contribution in [3.05, 3.63) is 0 Å². The summed E-state index contributed by atoms with van der Waals surface area (Å²) in [5.74, 6) is 0.882. The van der Waals surface area contributed by atoms with Gasteiger partial charge in [0, 0.05) is 26.3 Å². The summed E-state index contributed by atoms with van der Waals surface area (Å²) < 4.78 is 5.08. The fourth-order valence-electron chi connectivity index (χ4n) is 1.85. The second-order valence-corrected chi connectivity index (χ2v) is 4.02. The van der Waals surface area contributed by atoms with Gasteiger partial charge in [0.2, 0.25) is 0 Å². The van der Waals surface area contributed by atoms with E-state index in [1.54, 1.807) is 7.11 Å². The van der Waals surface area contributed by atoms with Crippen LogP contribution in [0.3, 0.4) is 0 Å². The number of likely N-dealkylation sites (tertiary alicyclic amines) is 1. The Bertz CT molecular complexity index is 125. The Kier molecular flexibility index (Phi) is 4.02. The zero-order valence-corrected chi connectivity index (χ0v) is 8.55. The van der Waals surface area contributed by atoms with Crippen molar-refractivity contribution < 1.29 is 4.74 Å². The van der Waals surface area contributed by atoms with Gasteiger partial charge >= 0.3 is 0 Å². The highest BCUT2D eigenvalue weighted by Crippen LogP contribution is 2.20. The number of hydrogen-bond acceptors (Lipinski definition) is 2. The van der Waals surface area contributed by atoms with E-state index in [0.717, 1.165) is 18.6 Å². The van der Waals surface area contributed by atoms with Crippen LogP contribution in [-0.4, -0.2) is 37.7 Å². The van der Waals surface area contributed by atoms with Crippen LogP contribution in [0.25, 0.3) is 0 Å². The zero-order valence-electron chi connectivity index (χ0n) is 8.55. The molecule has 0 radical (unpaired) electrons. The molecular formula is C10H21NO. The van der Waals surface area contributed by atoms with Crippen LogP contribution in [0.4, 0.5) is 0 Å². The van der Waals surface area contributed by atoms with Gasteiger partial charge in [-0.25, -0.2) is 0 Å². The number of rotatable bonds is 4. The van der Waals surface area contributed by atoms with E-state index in [4.69, 9.17) is 4.74 Å². The third-order valence-corrected chi connectivity index (χ3v) is 2.78. The third-order valence-electron chi connectivity index (χ3n) is 2.78. The van der Waals surface area contributed by atoms with E-state index in [2.05, 4.69) is 18.7 Å². The van der Waals surface area contributed by atoms with E-state index in [9.17, 15) is 0 Å². The average molecular weight is 171 g/mol. The Morgan fingerprint density at radius 3 is 2.75 bits per heavy atom. The SMILES string of the molecule is COCCC1CCN(C(C)C)C1. The van der Waals surface area contributed by atoms with Crippen molar-refractivity contribution in [1.82, 2.24) is 4.90 Å². The van der Waals surface area contributed by atoms with Crippen LogP contribution >= 0.6 is 0 Å². The summed E-state index contributed by atoms with van der Waals surface area (Å²) in [5.41, 5.74) is 0. The standard InChI is InChI=1S/C10H21NO/c1-9(2)11-6-4-10(8-11)5-7-12-3/h9-10H,4-8H2,1-3H3. The molecule has 1 unspecified atom stereocenters. The summed E-state index contributed by atoms with van der Waals surface area (Å²) >= 11 is 0. The van der Waals surface area contributed by atoms with E-state index < -0.39 is 0 Å². The number of hydrogen-bond donors (Lipinski definition) is 0. The molecule has 0 bridgehead atoms. The van der Waals surface area contributed by atoms with Gasteiger partial charge < -0.3 is 9.64 Å². The van der Waals surface area contributed by atoms with Gasteiger partial charge in [0.1, 0.15) is 0 Å². The molecule has 1 aliphatic heterocycles. The molecule has 0 saturated carbocycles. The Morgan fingerprint density at radius 2 is 2.25 bits per heavy atom. The molecule has 0 aromatic rings. The van der Waals surface area contributed by atoms with Gasteiger partial charge in [-0.2, -0.15) is 0 Å². The van der Waals surface area contributed by atoms with Gasteiger partial charge in [0.25, 0.3) is 0 Å². The predicted molar refractivity (Wildman–Crippen MR) is 51.3 cm³/mol. The van der Waals surface area contributed by atoms with Crippen molar-refractivity contribution in [1.29, 1.82) is 0 Å². The molecular weight excluding hydrogens is 150 g/mol. The first-order valence-electron chi connectivity index (χ1n) is 4.97. The summed E-state index contributed by atoms with van der Waals surface area (Å²) in [4.78, 5) is 2.56. The third kappa shape index (κ3) is 2.76. The highest BCUT2D eigenvalue weighted by atomic mass is 16.5. The summed E-state index contributed by atoms with van der Waals surface area (Å²) in [7, 11) is 1.79. The normalized spacial score (nSPS) is 25.5. The molecule has 0 amide bonds. The molecule has 0 spiro atoms. The second-order valence-electron chi connectivity index (χ2n) is 4.02. The number of nitrogens with zero attached hydrogens (tertiary/aromatic N) is 1. The lowest BCUT2D eigenvalue weighted by Gasteiger charge is -2.20. The minimum atomic E-state index is 0.720. The van der Waals surface area contributed by atoms with Gasteiger partial charge in [0.05, 0.1) is 0 Å². The molecule has 0 N–H and O–H groups in total. The monoisotopic (exact) mass is 171 g/mol. The van der Waals surface area contributed by atoms with Crippen LogP contribution in [0.2, 0.25) is 0 Å². The maximum absolute atomic E-state index is 5.08. The molecule has 0 aromatic heterocycles. The van der Waals surface area contributed by atoms with Crippen LogP contribution in [0.1, 0.15) is 26.7 Å². The van der Waals surface area contributed by atoms with Gasteiger partial charge in [-0.3, -0.25) is 0 Å². The van der Waals surface area contributed by atoms with Gasteiger partial charge in [-0.1, -0.05) is 0 Å². The lowest BCUT2D eigenvalue weighted by molar-refractivity contribution is 0.174. The van der Waals surface area contributed by atoms with E-state index in [1.807, 2.05) is 0 Å². The summed E-state index contributed by atoms with van der Waals surface area (Å²) in [5, 5.41) is 0. The number of methoxy groups -OCH3 is 1. The molecule has 2 nitrogen and oxygen atoms in total. The zero-order chi connectivity index (χ0) is 8.97. The van der Waals surface area contributed by atoms with Crippen LogP contribution < -0.4 is 0 Å². The van der Waals surface area contributed by atoms with Crippen LogP contribution in [0.15, 0.2) is 0 Å². The molecule has 1 rings (SSSR count). The largest absolute Gasteiger partial charge is 0.385 e. The minimum Gasteiger partial charge on any atom is -0.385 e. The molecule has 0 aliphatic carbocycles. The van der Waals surface area contributed by atoms with Crippen molar-refractivity contribution in [2.24, 2.45) is 5.92 Å². The van der Waals surface area contributed by atoms with E-state index in [-0.39, 0.29) is 0 Å². The first-order valence-corrected chi connectivity index (χ1v) is 4.97. The quantitative estimate of drug-likeness (QED) is 0.639. The van der Waals surface area contributed by atoms with Gasteiger partial charge in [-0.15, -0.1) is 0 Å². The summed E-state index contributed by atoms with van der Waals surface area (Å²) in [6.07, 6.45) is 2.60. The molecule has 1 heterocycles. The first kappa shape index (κ1) is 10.0. The Morgan fingerprint density at radius 1 is 1.50 bits per heavy atom. The average Bonchev–Trinajstić information content (AvgIpc) is 2.48. The molecule has 1 aliphatic rings. The molecule has 72 valence electrons. The maximum atomic E-state index is 5.08. The van der Waals surface area contributed by atoms with Crippen molar-refractivity contribution in [2.75, 3.05) is 26.8 Å². The smallest absolute Gasteiger partial charge is 0.0465 e. The van der Waals surface area contributed by atoms with Crippen molar-refractivity contribution in [2.45, 2.75) is 32.7 Å².